The van der Waals surface area contributed by atoms with Gasteiger partial charge in [0.25, 0.3) is 0 Å². The molecule has 2 N–H and O–H groups in total. The Kier molecular flexibility index (Phi) is 3.00. The number of allylic oxidation sites excluding steroid dienone is 1. The van der Waals surface area contributed by atoms with Gasteiger partial charge >= 0.3 is 0 Å². The van der Waals surface area contributed by atoms with E-state index in [0.717, 1.165) is 6.42 Å². The summed E-state index contributed by atoms with van der Waals surface area (Å²) in [7, 11) is 0. The maximum Gasteiger partial charge on any atom is 0.0294 e. The van der Waals surface area contributed by atoms with Gasteiger partial charge in [-0.15, -0.1) is 0 Å². The molecule has 0 amide bonds. The summed E-state index contributed by atoms with van der Waals surface area (Å²) in [5.74, 6) is 0. The molecule has 0 spiro atoms. The third kappa shape index (κ3) is 2.24. The van der Waals surface area contributed by atoms with Gasteiger partial charge in [0.2, 0.25) is 0 Å². The quantitative estimate of drug-likeness (QED) is 0.723. The van der Waals surface area contributed by atoms with E-state index in [0.29, 0.717) is 0 Å². The van der Waals surface area contributed by atoms with E-state index in [1.54, 1.807) is 0 Å². The molecule has 1 aromatic carbocycles. The topological polar surface area (TPSA) is 26.0 Å². The van der Waals surface area contributed by atoms with Crippen LogP contribution < -0.4 is 5.73 Å². The monoisotopic (exact) mass is 187 g/mol. The first-order valence-electron chi connectivity index (χ1n) is 5.34. The van der Waals surface area contributed by atoms with Crippen LogP contribution in [-0.4, -0.2) is 6.04 Å². The van der Waals surface area contributed by atoms with Gasteiger partial charge in [-0.3, -0.25) is 0 Å². The maximum absolute atomic E-state index is 6.14. The van der Waals surface area contributed by atoms with Crippen LogP contribution in [0.2, 0.25) is 0 Å². The van der Waals surface area contributed by atoms with Gasteiger partial charge in [0.15, 0.2) is 0 Å². The zero-order chi connectivity index (χ0) is 9.80. The Morgan fingerprint density at radius 3 is 2.64 bits per heavy atom. The molecule has 1 heteroatoms. The van der Waals surface area contributed by atoms with Crippen LogP contribution in [0.1, 0.15) is 24.8 Å². The molecule has 1 aliphatic carbocycles. The number of hydrogen-bond donors (Lipinski definition) is 1. The van der Waals surface area contributed by atoms with Gasteiger partial charge in [0.1, 0.15) is 0 Å². The summed E-state index contributed by atoms with van der Waals surface area (Å²) in [6.07, 6.45) is 7.00. The molecule has 2 rings (SSSR count). The Bertz CT molecular complexity index is 313. The van der Waals surface area contributed by atoms with Crippen LogP contribution in [0.25, 0.3) is 0 Å². The molecular weight excluding hydrogens is 170 g/mol. The normalized spacial score (nSPS) is 17.9. The Hall–Kier alpha value is -1.08. The average molecular weight is 187 g/mol. The second-order valence-electron chi connectivity index (χ2n) is 3.97. The highest BCUT2D eigenvalue weighted by Gasteiger charge is 2.12. The second-order valence-corrected chi connectivity index (χ2v) is 3.97. The van der Waals surface area contributed by atoms with Crippen molar-refractivity contribution in [3.63, 3.8) is 0 Å². The fraction of sp³-hybridized carbons (Fsp3) is 0.385. The van der Waals surface area contributed by atoms with E-state index in [4.69, 9.17) is 5.73 Å². The molecule has 0 fully saturated rings. The number of rotatable bonds is 3. The molecule has 1 aliphatic rings. The van der Waals surface area contributed by atoms with Crippen molar-refractivity contribution in [1.82, 2.24) is 0 Å². The van der Waals surface area contributed by atoms with Crippen molar-refractivity contribution in [2.45, 2.75) is 31.7 Å². The molecule has 0 heterocycles. The third-order valence-electron chi connectivity index (χ3n) is 2.85. The minimum atomic E-state index is 0.236. The molecule has 14 heavy (non-hydrogen) atoms. The molecule has 1 aromatic rings. The van der Waals surface area contributed by atoms with Crippen LogP contribution in [0.4, 0.5) is 0 Å². The van der Waals surface area contributed by atoms with Crippen molar-refractivity contribution in [2.24, 2.45) is 5.73 Å². The van der Waals surface area contributed by atoms with Crippen LogP contribution in [0, 0.1) is 0 Å². The van der Waals surface area contributed by atoms with E-state index in [2.05, 4.69) is 30.3 Å². The largest absolute Gasteiger partial charge is 0.324 e. The molecule has 0 aliphatic heterocycles. The average Bonchev–Trinajstić information content (AvgIpc) is 2.72. The fourth-order valence-corrected chi connectivity index (χ4v) is 2.03. The standard InChI is InChI=1S/C13H17N/c14-13(12-8-4-5-9-12)10-11-6-2-1-3-7-11/h1-3,6-8,13H,4-5,9-10,14H2. The molecule has 0 aromatic heterocycles. The van der Waals surface area contributed by atoms with E-state index in [-0.39, 0.29) is 6.04 Å². The molecule has 74 valence electrons. The predicted molar refractivity (Wildman–Crippen MR) is 60.1 cm³/mol. The van der Waals surface area contributed by atoms with E-state index < -0.39 is 0 Å². The van der Waals surface area contributed by atoms with Crippen LogP contribution in [0.3, 0.4) is 0 Å². The highest BCUT2D eigenvalue weighted by molar-refractivity contribution is 5.22. The summed E-state index contributed by atoms with van der Waals surface area (Å²) >= 11 is 0. The van der Waals surface area contributed by atoms with Crippen molar-refractivity contribution in [3.05, 3.63) is 47.5 Å². The zero-order valence-corrected chi connectivity index (χ0v) is 8.45. The van der Waals surface area contributed by atoms with Gasteiger partial charge in [0.05, 0.1) is 0 Å². The Morgan fingerprint density at radius 2 is 2.00 bits per heavy atom. The molecule has 0 saturated heterocycles. The SMILES string of the molecule is NC(Cc1ccccc1)C1=CCCC1. The zero-order valence-electron chi connectivity index (χ0n) is 8.45. The molecule has 1 unspecified atom stereocenters. The summed E-state index contributed by atoms with van der Waals surface area (Å²) in [6, 6.07) is 10.7. The van der Waals surface area contributed by atoms with Crippen molar-refractivity contribution in [1.29, 1.82) is 0 Å². The van der Waals surface area contributed by atoms with E-state index in [1.807, 2.05) is 6.07 Å². The van der Waals surface area contributed by atoms with Crippen molar-refractivity contribution < 1.29 is 0 Å². The number of nitrogens with two attached hydrogens (primary N) is 1. The lowest BCUT2D eigenvalue weighted by Crippen LogP contribution is -2.24. The van der Waals surface area contributed by atoms with Gasteiger partial charge < -0.3 is 5.73 Å². The molecular formula is C13H17N. The Labute approximate surface area is 85.6 Å². The lowest BCUT2D eigenvalue weighted by Gasteiger charge is -2.12. The first kappa shape index (κ1) is 9.47. The molecule has 1 nitrogen and oxygen atoms in total. The maximum atomic E-state index is 6.14. The lowest BCUT2D eigenvalue weighted by molar-refractivity contribution is 0.729. The van der Waals surface area contributed by atoms with Crippen LogP contribution in [0.15, 0.2) is 42.0 Å². The van der Waals surface area contributed by atoms with Crippen molar-refractivity contribution in [2.75, 3.05) is 0 Å². The van der Waals surface area contributed by atoms with Gasteiger partial charge in [0, 0.05) is 6.04 Å². The third-order valence-corrected chi connectivity index (χ3v) is 2.85. The molecule has 0 radical (unpaired) electrons. The lowest BCUT2D eigenvalue weighted by atomic mass is 9.99. The predicted octanol–water partition coefficient (Wildman–Crippen LogP) is 2.67. The van der Waals surface area contributed by atoms with Gasteiger partial charge in [-0.25, -0.2) is 0 Å². The van der Waals surface area contributed by atoms with Crippen LogP contribution >= 0.6 is 0 Å². The number of hydrogen-bond acceptors (Lipinski definition) is 1. The van der Waals surface area contributed by atoms with Gasteiger partial charge in [-0.05, 0) is 31.2 Å². The first-order chi connectivity index (χ1) is 6.86. The summed E-state index contributed by atoms with van der Waals surface area (Å²) < 4.78 is 0. The van der Waals surface area contributed by atoms with E-state index >= 15 is 0 Å². The first-order valence-corrected chi connectivity index (χ1v) is 5.34. The van der Waals surface area contributed by atoms with Gasteiger partial charge in [-0.1, -0.05) is 42.0 Å². The summed E-state index contributed by atoms with van der Waals surface area (Å²) in [4.78, 5) is 0. The molecule has 0 bridgehead atoms. The number of benzene rings is 1. The summed E-state index contributed by atoms with van der Waals surface area (Å²) in [5.41, 5.74) is 8.94. The summed E-state index contributed by atoms with van der Waals surface area (Å²) in [5, 5.41) is 0. The highest BCUT2D eigenvalue weighted by atomic mass is 14.6. The molecule has 1 atom stereocenters. The van der Waals surface area contributed by atoms with Crippen molar-refractivity contribution >= 4 is 0 Å². The fourth-order valence-electron chi connectivity index (χ4n) is 2.03. The van der Waals surface area contributed by atoms with Crippen molar-refractivity contribution in [3.8, 4) is 0 Å². The van der Waals surface area contributed by atoms with E-state index in [1.165, 1.54) is 30.4 Å². The van der Waals surface area contributed by atoms with Crippen LogP contribution in [0.5, 0.6) is 0 Å². The Morgan fingerprint density at radius 1 is 1.21 bits per heavy atom. The molecule has 0 saturated carbocycles. The highest BCUT2D eigenvalue weighted by Crippen LogP contribution is 2.21. The van der Waals surface area contributed by atoms with Gasteiger partial charge in [-0.2, -0.15) is 0 Å². The smallest absolute Gasteiger partial charge is 0.0294 e. The minimum absolute atomic E-state index is 0.236. The minimum Gasteiger partial charge on any atom is -0.324 e. The Balaban J connectivity index is 1.97. The second kappa shape index (κ2) is 4.43. The summed E-state index contributed by atoms with van der Waals surface area (Å²) in [6.45, 7) is 0. The van der Waals surface area contributed by atoms with Crippen LogP contribution in [-0.2, 0) is 6.42 Å². The van der Waals surface area contributed by atoms with E-state index in [9.17, 15) is 0 Å².